The van der Waals surface area contributed by atoms with Crippen LogP contribution in [0.2, 0.25) is 0 Å². The summed E-state index contributed by atoms with van der Waals surface area (Å²) in [5.41, 5.74) is 1.94. The zero-order chi connectivity index (χ0) is 13.7. The number of hydrogen-bond acceptors (Lipinski definition) is 3. The van der Waals surface area contributed by atoms with Gasteiger partial charge in [0, 0.05) is 5.69 Å². The molecule has 96 valence electrons. The summed E-state index contributed by atoms with van der Waals surface area (Å²) in [5, 5.41) is 14.3. The minimum atomic E-state index is 0.725. The van der Waals surface area contributed by atoms with Crippen LogP contribution < -0.4 is 9.64 Å². The van der Waals surface area contributed by atoms with Gasteiger partial charge in [0.05, 0.1) is 12.7 Å². The average Bonchev–Trinajstić information content (AvgIpc) is 2.44. The highest BCUT2D eigenvalue weighted by Gasteiger charge is 2.01. The average molecular weight is 253 g/mol. The van der Waals surface area contributed by atoms with Crippen molar-refractivity contribution >= 4 is 18.4 Å². The first-order chi connectivity index (χ1) is 9.22. The van der Waals surface area contributed by atoms with Crippen LogP contribution in [0.5, 0.6) is 11.5 Å². The molecule has 4 nitrogen and oxygen atoms in total. The Bertz CT molecular complexity index is 553. The molecule has 0 fully saturated rings. The largest absolute Gasteiger partial charge is 0.457 e. The molecule has 0 atom stereocenters. The van der Waals surface area contributed by atoms with Crippen LogP contribution in [0, 0.1) is 17.7 Å². The molecule has 0 bridgehead atoms. The van der Waals surface area contributed by atoms with E-state index in [1.165, 1.54) is 10.5 Å². The van der Waals surface area contributed by atoms with Crippen molar-refractivity contribution in [1.29, 1.82) is 10.8 Å². The number of rotatable bonds is 5. The molecule has 4 heteroatoms. The fraction of sp³-hybridized carbons (Fsp3) is 0.0667. The summed E-state index contributed by atoms with van der Waals surface area (Å²) in [6.07, 6.45) is 2.17. The van der Waals surface area contributed by atoms with Crippen LogP contribution in [0.1, 0.15) is 5.56 Å². The molecule has 2 aromatic rings. The molecule has 2 rings (SSSR count). The Morgan fingerprint density at radius 1 is 0.842 bits per heavy atom. The number of anilines is 1. The third kappa shape index (κ3) is 3.19. The fourth-order valence-corrected chi connectivity index (χ4v) is 1.62. The number of hydrogen-bond donors (Lipinski definition) is 2. The van der Waals surface area contributed by atoms with E-state index in [0.29, 0.717) is 0 Å². The lowest BCUT2D eigenvalue weighted by Gasteiger charge is -2.13. The van der Waals surface area contributed by atoms with Crippen molar-refractivity contribution in [2.24, 2.45) is 0 Å². The molecule has 0 saturated heterocycles. The third-order valence-electron chi connectivity index (χ3n) is 2.67. The second kappa shape index (κ2) is 5.82. The van der Waals surface area contributed by atoms with Crippen molar-refractivity contribution < 1.29 is 4.74 Å². The highest BCUT2D eigenvalue weighted by Crippen LogP contribution is 2.24. The first-order valence-electron chi connectivity index (χ1n) is 5.87. The van der Waals surface area contributed by atoms with Crippen molar-refractivity contribution in [3.63, 3.8) is 0 Å². The predicted molar refractivity (Wildman–Crippen MR) is 77.7 cm³/mol. The van der Waals surface area contributed by atoms with Gasteiger partial charge in [0.25, 0.3) is 0 Å². The smallest absolute Gasteiger partial charge is 0.127 e. The van der Waals surface area contributed by atoms with E-state index in [-0.39, 0.29) is 0 Å². The van der Waals surface area contributed by atoms with Gasteiger partial charge in [0.15, 0.2) is 0 Å². The molecule has 0 aliphatic heterocycles. The molecule has 0 amide bonds. The van der Waals surface area contributed by atoms with Gasteiger partial charge in [-0.15, -0.1) is 0 Å². The van der Waals surface area contributed by atoms with Gasteiger partial charge < -0.3 is 4.74 Å². The number of nitrogens with zero attached hydrogens (tertiary/aromatic N) is 1. The number of benzene rings is 2. The van der Waals surface area contributed by atoms with E-state index in [1.54, 1.807) is 12.1 Å². The molecule has 0 radical (unpaired) electrons. The van der Waals surface area contributed by atoms with Crippen molar-refractivity contribution in [2.75, 3.05) is 4.90 Å². The van der Waals surface area contributed by atoms with Crippen LogP contribution in [0.25, 0.3) is 0 Å². The Morgan fingerprint density at radius 2 is 1.32 bits per heavy atom. The van der Waals surface area contributed by atoms with Gasteiger partial charge >= 0.3 is 0 Å². The number of nitrogens with one attached hydrogen (secondary N) is 2. The molecule has 0 aliphatic carbocycles. The fourth-order valence-electron chi connectivity index (χ4n) is 1.62. The highest BCUT2D eigenvalue weighted by molar-refractivity contribution is 5.97. The van der Waals surface area contributed by atoms with E-state index in [1.807, 2.05) is 43.3 Å². The third-order valence-corrected chi connectivity index (χ3v) is 2.67. The summed E-state index contributed by atoms with van der Waals surface area (Å²) in [6.45, 7) is 2.03. The molecule has 0 heterocycles. The summed E-state index contributed by atoms with van der Waals surface area (Å²) in [6, 6.07) is 15.1. The molecular formula is C15H15N3O. The van der Waals surface area contributed by atoms with Crippen LogP contribution in [0.15, 0.2) is 48.5 Å². The Labute approximate surface area is 112 Å². The normalized spacial score (nSPS) is 9.74. The van der Waals surface area contributed by atoms with Crippen molar-refractivity contribution in [2.45, 2.75) is 6.92 Å². The lowest BCUT2D eigenvalue weighted by molar-refractivity contribution is 0.482. The maximum atomic E-state index is 7.17. The van der Waals surface area contributed by atoms with Gasteiger partial charge in [-0.3, -0.25) is 15.7 Å². The summed E-state index contributed by atoms with van der Waals surface area (Å²) in [4.78, 5) is 1.40. The lowest BCUT2D eigenvalue weighted by atomic mass is 10.2. The summed E-state index contributed by atoms with van der Waals surface area (Å²) >= 11 is 0. The number of ether oxygens (including phenoxy) is 1. The van der Waals surface area contributed by atoms with E-state index < -0.39 is 0 Å². The zero-order valence-electron chi connectivity index (χ0n) is 10.6. The molecule has 2 N–H and O–H groups in total. The molecule has 19 heavy (non-hydrogen) atoms. The SMILES string of the molecule is Cc1ccc(Oc2ccc(N(C=N)C=N)cc2)cc1. The molecule has 0 spiro atoms. The van der Waals surface area contributed by atoms with Gasteiger partial charge in [-0.2, -0.15) is 0 Å². The quantitative estimate of drug-likeness (QED) is 0.628. The van der Waals surface area contributed by atoms with Gasteiger partial charge in [0.1, 0.15) is 11.5 Å². The van der Waals surface area contributed by atoms with Gasteiger partial charge in [0.2, 0.25) is 0 Å². The molecule has 2 aromatic carbocycles. The van der Waals surface area contributed by atoms with Gasteiger partial charge in [-0.05, 0) is 43.3 Å². The topological polar surface area (TPSA) is 60.2 Å². The van der Waals surface area contributed by atoms with Crippen molar-refractivity contribution in [3.8, 4) is 11.5 Å². The van der Waals surface area contributed by atoms with Gasteiger partial charge in [-0.1, -0.05) is 17.7 Å². The minimum absolute atomic E-state index is 0.725. The van der Waals surface area contributed by atoms with Crippen LogP contribution in [-0.4, -0.2) is 12.7 Å². The van der Waals surface area contributed by atoms with Crippen molar-refractivity contribution in [1.82, 2.24) is 0 Å². The van der Waals surface area contributed by atoms with E-state index in [2.05, 4.69) is 0 Å². The van der Waals surface area contributed by atoms with E-state index in [0.717, 1.165) is 29.9 Å². The van der Waals surface area contributed by atoms with Crippen LogP contribution in [0.4, 0.5) is 5.69 Å². The first-order valence-corrected chi connectivity index (χ1v) is 5.87. The van der Waals surface area contributed by atoms with E-state index >= 15 is 0 Å². The Balaban J connectivity index is 2.12. The summed E-state index contributed by atoms with van der Waals surface area (Å²) in [7, 11) is 0. The molecular weight excluding hydrogens is 238 g/mol. The summed E-state index contributed by atoms with van der Waals surface area (Å²) in [5.74, 6) is 1.51. The zero-order valence-corrected chi connectivity index (χ0v) is 10.6. The van der Waals surface area contributed by atoms with Gasteiger partial charge in [-0.25, -0.2) is 0 Å². The molecule has 0 aliphatic rings. The van der Waals surface area contributed by atoms with E-state index in [4.69, 9.17) is 15.6 Å². The highest BCUT2D eigenvalue weighted by atomic mass is 16.5. The Kier molecular flexibility index (Phi) is 3.93. The van der Waals surface area contributed by atoms with Crippen LogP contribution in [-0.2, 0) is 0 Å². The first kappa shape index (κ1) is 12.8. The molecule has 0 unspecified atom stereocenters. The minimum Gasteiger partial charge on any atom is -0.457 e. The van der Waals surface area contributed by atoms with Crippen LogP contribution in [0.3, 0.4) is 0 Å². The van der Waals surface area contributed by atoms with Crippen LogP contribution >= 0.6 is 0 Å². The standard InChI is InChI=1S/C15H15N3O/c1-12-2-6-14(7-3-12)19-15-8-4-13(5-9-15)18(10-16)11-17/h2-11,16-17H,1H3. The predicted octanol–water partition coefficient (Wildman–Crippen LogP) is 3.81. The summed E-state index contributed by atoms with van der Waals surface area (Å²) < 4.78 is 5.70. The Hall–Kier alpha value is -2.62. The molecule has 0 aromatic heterocycles. The number of aryl methyl sites for hydroxylation is 1. The van der Waals surface area contributed by atoms with E-state index in [9.17, 15) is 0 Å². The lowest BCUT2D eigenvalue weighted by Crippen LogP contribution is -2.16. The maximum Gasteiger partial charge on any atom is 0.127 e. The van der Waals surface area contributed by atoms with Crippen molar-refractivity contribution in [3.05, 3.63) is 54.1 Å². The second-order valence-corrected chi connectivity index (χ2v) is 4.07. The molecule has 0 saturated carbocycles. The Morgan fingerprint density at radius 3 is 1.79 bits per heavy atom. The maximum absolute atomic E-state index is 7.17. The monoisotopic (exact) mass is 253 g/mol. The second-order valence-electron chi connectivity index (χ2n) is 4.07.